The van der Waals surface area contributed by atoms with Crippen molar-refractivity contribution >= 4 is 33.6 Å². The maximum atomic E-state index is 11.5. The van der Waals surface area contributed by atoms with Crippen molar-refractivity contribution in [2.24, 2.45) is 0 Å². The van der Waals surface area contributed by atoms with Crippen LogP contribution in [0.25, 0.3) is 0 Å². The fourth-order valence-corrected chi connectivity index (χ4v) is 1.39. The molecule has 0 amide bonds. The molecule has 1 aromatic carbocycles. The van der Waals surface area contributed by atoms with Crippen molar-refractivity contribution in [1.82, 2.24) is 0 Å². The molecule has 0 aromatic heterocycles. The van der Waals surface area contributed by atoms with Gasteiger partial charge in [0, 0.05) is 10.2 Å². The molecule has 0 bridgehead atoms. The molecule has 0 unspecified atom stereocenters. The second-order valence-electron chi connectivity index (χ2n) is 3.20. The molecule has 0 atom stereocenters. The van der Waals surface area contributed by atoms with E-state index in [1.807, 2.05) is 0 Å². The van der Waals surface area contributed by atoms with E-state index < -0.39 is 11.9 Å². The number of methoxy groups -OCH3 is 2. The van der Waals surface area contributed by atoms with Gasteiger partial charge in [-0.2, -0.15) is 0 Å². The Kier molecular flexibility index (Phi) is 5.38. The van der Waals surface area contributed by atoms with Gasteiger partial charge in [0.25, 0.3) is 0 Å². The normalized spacial score (nSPS) is 10.7. The number of halogens is 1. The highest BCUT2D eigenvalue weighted by atomic mass is 79.9. The Morgan fingerprint density at radius 1 is 1.17 bits per heavy atom. The molecule has 0 aliphatic heterocycles. The molecule has 1 aromatic rings. The minimum Gasteiger partial charge on any atom is -0.466 e. The Morgan fingerprint density at radius 3 is 2.28 bits per heavy atom. The lowest BCUT2D eigenvalue weighted by Gasteiger charge is -2.08. The summed E-state index contributed by atoms with van der Waals surface area (Å²) in [4.78, 5) is 22.6. The highest BCUT2D eigenvalue weighted by Gasteiger charge is 2.12. The van der Waals surface area contributed by atoms with E-state index in [1.165, 1.54) is 14.2 Å². The summed E-state index contributed by atoms with van der Waals surface area (Å²) in [5, 5.41) is 2.79. The van der Waals surface area contributed by atoms with Gasteiger partial charge < -0.3 is 14.8 Å². The summed E-state index contributed by atoms with van der Waals surface area (Å²) in [6.07, 6.45) is 1.04. The number of esters is 2. The average Bonchev–Trinajstić information content (AvgIpc) is 2.39. The van der Waals surface area contributed by atoms with E-state index in [2.05, 4.69) is 30.7 Å². The molecule has 6 heteroatoms. The average molecular weight is 314 g/mol. The Balaban J connectivity index is 2.91. The fourth-order valence-electron chi connectivity index (χ4n) is 1.12. The van der Waals surface area contributed by atoms with Gasteiger partial charge in [0.05, 0.1) is 20.3 Å². The third-order valence-corrected chi connectivity index (χ3v) is 2.52. The number of rotatable bonds is 4. The van der Waals surface area contributed by atoms with Crippen LogP contribution in [0.15, 0.2) is 40.5 Å². The van der Waals surface area contributed by atoms with Crippen LogP contribution in [0.3, 0.4) is 0 Å². The van der Waals surface area contributed by atoms with Gasteiger partial charge in [-0.25, -0.2) is 9.59 Å². The first kappa shape index (κ1) is 14.2. The molecule has 0 radical (unpaired) electrons. The van der Waals surface area contributed by atoms with Crippen LogP contribution in [-0.2, 0) is 19.1 Å². The molecule has 0 spiro atoms. The van der Waals surface area contributed by atoms with E-state index in [9.17, 15) is 9.59 Å². The lowest BCUT2D eigenvalue weighted by Crippen LogP contribution is -2.15. The zero-order valence-electron chi connectivity index (χ0n) is 9.90. The van der Waals surface area contributed by atoms with Crippen LogP contribution in [0.4, 0.5) is 5.69 Å². The molecule has 5 nitrogen and oxygen atoms in total. The van der Waals surface area contributed by atoms with Crippen molar-refractivity contribution in [3.63, 3.8) is 0 Å². The first-order valence-electron chi connectivity index (χ1n) is 4.97. The molecule has 18 heavy (non-hydrogen) atoms. The Hall–Kier alpha value is -1.82. The maximum absolute atomic E-state index is 11.5. The van der Waals surface area contributed by atoms with Crippen LogP contribution in [0, 0.1) is 0 Å². The largest absolute Gasteiger partial charge is 0.466 e. The number of nitrogens with one attached hydrogen (secondary N) is 1. The highest BCUT2D eigenvalue weighted by Crippen LogP contribution is 2.16. The van der Waals surface area contributed by atoms with Crippen molar-refractivity contribution in [1.29, 1.82) is 0 Å². The zero-order valence-corrected chi connectivity index (χ0v) is 11.5. The van der Waals surface area contributed by atoms with Gasteiger partial charge in [-0.15, -0.1) is 0 Å². The molecule has 1 N–H and O–H groups in total. The van der Waals surface area contributed by atoms with E-state index in [0.29, 0.717) is 5.69 Å². The Labute approximate surface area is 113 Å². The van der Waals surface area contributed by atoms with Crippen LogP contribution >= 0.6 is 15.9 Å². The predicted octanol–water partition coefficient (Wildman–Crippen LogP) is 2.09. The molecule has 1 rings (SSSR count). The summed E-state index contributed by atoms with van der Waals surface area (Å²) >= 11 is 3.30. The highest BCUT2D eigenvalue weighted by molar-refractivity contribution is 9.10. The topological polar surface area (TPSA) is 64.6 Å². The summed E-state index contributed by atoms with van der Waals surface area (Å²) < 4.78 is 9.94. The Bertz CT molecular complexity index is 467. The molecule has 96 valence electrons. The lowest BCUT2D eigenvalue weighted by atomic mass is 10.3. The van der Waals surface area contributed by atoms with Crippen molar-refractivity contribution in [2.45, 2.75) is 0 Å². The van der Waals surface area contributed by atoms with Crippen LogP contribution < -0.4 is 5.32 Å². The Morgan fingerprint density at radius 2 is 1.78 bits per heavy atom. The van der Waals surface area contributed by atoms with E-state index in [0.717, 1.165) is 10.5 Å². The van der Waals surface area contributed by atoms with Gasteiger partial charge in [0.2, 0.25) is 0 Å². The number of anilines is 1. The molecule has 0 fully saturated rings. The van der Waals surface area contributed by atoms with Gasteiger partial charge in [-0.3, -0.25) is 0 Å². The molecule has 0 aliphatic carbocycles. The quantitative estimate of drug-likeness (QED) is 0.681. The first-order valence-corrected chi connectivity index (χ1v) is 5.76. The van der Waals surface area contributed by atoms with Crippen molar-refractivity contribution in [3.8, 4) is 0 Å². The van der Waals surface area contributed by atoms with Crippen LogP contribution in [0.1, 0.15) is 0 Å². The van der Waals surface area contributed by atoms with Crippen molar-refractivity contribution in [2.75, 3.05) is 19.5 Å². The minimum absolute atomic E-state index is 0.00618. The molecule has 0 saturated carbocycles. The summed E-state index contributed by atoms with van der Waals surface area (Å²) in [6, 6.07) is 7.10. The van der Waals surface area contributed by atoms with E-state index >= 15 is 0 Å². The summed E-state index contributed by atoms with van der Waals surface area (Å²) in [6.45, 7) is 0. The van der Waals surface area contributed by atoms with Crippen LogP contribution in [0.2, 0.25) is 0 Å². The third kappa shape index (κ3) is 4.21. The number of ether oxygens (including phenoxy) is 2. The maximum Gasteiger partial charge on any atom is 0.354 e. The zero-order chi connectivity index (χ0) is 13.5. The second kappa shape index (κ2) is 6.80. The predicted molar refractivity (Wildman–Crippen MR) is 69.9 cm³/mol. The number of benzene rings is 1. The molecule has 0 aliphatic rings. The van der Waals surface area contributed by atoms with Crippen LogP contribution in [0.5, 0.6) is 0 Å². The van der Waals surface area contributed by atoms with Gasteiger partial charge >= 0.3 is 11.9 Å². The van der Waals surface area contributed by atoms with Gasteiger partial charge in [-0.1, -0.05) is 15.9 Å². The van der Waals surface area contributed by atoms with E-state index in [-0.39, 0.29) is 5.70 Å². The van der Waals surface area contributed by atoms with Gasteiger partial charge in [-0.05, 0) is 24.3 Å². The number of carbonyl (C=O) groups excluding carboxylic acids is 2. The molecular formula is C12H12BrNO4. The van der Waals surface area contributed by atoms with Gasteiger partial charge in [0.1, 0.15) is 5.70 Å². The fraction of sp³-hybridized carbons (Fsp3) is 0.167. The first-order chi connectivity index (χ1) is 8.56. The molecule has 0 saturated heterocycles. The molecule has 0 heterocycles. The third-order valence-electron chi connectivity index (χ3n) is 1.99. The van der Waals surface area contributed by atoms with Crippen molar-refractivity contribution < 1.29 is 19.1 Å². The van der Waals surface area contributed by atoms with E-state index in [4.69, 9.17) is 0 Å². The van der Waals surface area contributed by atoms with Crippen LogP contribution in [-0.4, -0.2) is 26.2 Å². The number of hydrogen-bond acceptors (Lipinski definition) is 5. The standard InChI is InChI=1S/C12H12BrNO4/c1-17-11(15)7-10(12(16)18-2)14-9-5-3-8(13)4-6-9/h3-7,14H,1-2H3/b10-7-. The number of carbonyl (C=O) groups is 2. The monoisotopic (exact) mass is 313 g/mol. The SMILES string of the molecule is COC(=O)/C=C(\Nc1ccc(Br)cc1)C(=O)OC. The lowest BCUT2D eigenvalue weighted by molar-refractivity contribution is -0.138. The second-order valence-corrected chi connectivity index (χ2v) is 4.12. The minimum atomic E-state index is -0.650. The number of hydrogen-bond donors (Lipinski definition) is 1. The summed E-state index contributed by atoms with van der Waals surface area (Å²) in [7, 11) is 2.46. The molecular weight excluding hydrogens is 302 g/mol. The smallest absolute Gasteiger partial charge is 0.354 e. The van der Waals surface area contributed by atoms with Crippen molar-refractivity contribution in [3.05, 3.63) is 40.5 Å². The van der Waals surface area contributed by atoms with Gasteiger partial charge in [0.15, 0.2) is 0 Å². The summed E-state index contributed by atoms with van der Waals surface area (Å²) in [5.41, 5.74) is 0.658. The van der Waals surface area contributed by atoms with E-state index in [1.54, 1.807) is 24.3 Å². The summed E-state index contributed by atoms with van der Waals surface area (Å²) in [5.74, 6) is -1.29.